The van der Waals surface area contributed by atoms with Crippen LogP contribution in [0.15, 0.2) is 121 Å². The van der Waals surface area contributed by atoms with E-state index in [4.69, 9.17) is 18.9 Å². The third-order valence-corrected chi connectivity index (χ3v) is 9.96. The molecule has 0 aromatic heterocycles. The molecule has 6 rings (SSSR count). The van der Waals surface area contributed by atoms with E-state index in [1.54, 1.807) is 36.4 Å². The summed E-state index contributed by atoms with van der Waals surface area (Å²) in [7, 11) is 0. The fourth-order valence-electron chi connectivity index (χ4n) is 6.56. The molecule has 0 radical (unpaired) electrons. The Morgan fingerprint density at radius 3 is 1.15 bits per heavy atom. The molecule has 6 aromatic rings. The highest BCUT2D eigenvalue weighted by molar-refractivity contribution is 5.95. The van der Waals surface area contributed by atoms with E-state index in [0.717, 1.165) is 74.6 Å². The normalized spacial score (nSPS) is 10.9. The minimum atomic E-state index is -0.988. The zero-order chi connectivity index (χ0) is 42.4. The summed E-state index contributed by atoms with van der Waals surface area (Å²) < 4.78 is 51.8. The number of rotatable bonds is 18. The minimum absolute atomic E-state index is 0.0746. The molecular weight excluding hydrogens is 767 g/mol. The number of halogens is 2. The molecule has 0 aliphatic rings. The van der Waals surface area contributed by atoms with Gasteiger partial charge in [-0.25, -0.2) is 28.0 Å². The van der Waals surface area contributed by atoms with E-state index in [2.05, 4.69) is 13.8 Å². The number of carbonyl (C=O) groups excluding carboxylic acids is 4. The van der Waals surface area contributed by atoms with Crippen molar-refractivity contribution in [1.29, 1.82) is 0 Å². The predicted molar refractivity (Wildman–Crippen MR) is 225 cm³/mol. The lowest BCUT2D eigenvalue weighted by Gasteiger charge is -2.10. The Kier molecular flexibility index (Phi) is 14.9. The second-order valence-electron chi connectivity index (χ2n) is 14.5. The number of esters is 4. The Balaban J connectivity index is 1.03. The molecule has 0 atom stereocenters. The summed E-state index contributed by atoms with van der Waals surface area (Å²) >= 11 is 0. The molecule has 0 spiro atoms. The van der Waals surface area contributed by atoms with Gasteiger partial charge in [-0.05, 0) is 120 Å². The summed E-state index contributed by atoms with van der Waals surface area (Å²) in [5, 5.41) is 1.21. The zero-order valence-corrected chi connectivity index (χ0v) is 33.6. The van der Waals surface area contributed by atoms with Crippen molar-refractivity contribution in [2.75, 3.05) is 0 Å². The van der Waals surface area contributed by atoms with Crippen LogP contribution in [0, 0.1) is 11.6 Å². The molecule has 6 aromatic carbocycles. The summed E-state index contributed by atoms with van der Waals surface area (Å²) in [5.74, 6) is -5.18. The van der Waals surface area contributed by atoms with Crippen LogP contribution in [-0.4, -0.2) is 23.9 Å². The summed E-state index contributed by atoms with van der Waals surface area (Å²) in [6.45, 7) is 4.32. The second-order valence-corrected chi connectivity index (χ2v) is 14.5. The van der Waals surface area contributed by atoms with Crippen molar-refractivity contribution >= 4 is 34.6 Å². The standard InChI is InChI=1S/C50H46F2O8/c1-3-5-7-9-11-33-13-17-36(18-14-33)47(53)57-41-25-27-43(45(51)31-41)49(55)59-39-23-21-35-22-24-40(30-38(35)29-39)60-50(56)44-28-26-42(32-46(44)52)58-48(54)37-19-15-34(16-20-37)12-10-8-6-4-2/h13-32H,3-12H2,1-2H3. The van der Waals surface area contributed by atoms with Gasteiger partial charge >= 0.3 is 23.9 Å². The van der Waals surface area contributed by atoms with Crippen LogP contribution >= 0.6 is 0 Å². The van der Waals surface area contributed by atoms with Gasteiger partial charge in [-0.1, -0.05) is 88.8 Å². The number of aryl methyl sites for hydroxylation is 2. The van der Waals surface area contributed by atoms with Crippen molar-refractivity contribution in [2.24, 2.45) is 0 Å². The first-order valence-corrected chi connectivity index (χ1v) is 20.3. The Hall–Kier alpha value is -6.68. The summed E-state index contributed by atoms with van der Waals surface area (Å²) in [6.07, 6.45) is 11.0. The molecule has 308 valence electrons. The largest absolute Gasteiger partial charge is 0.423 e. The number of ether oxygens (including phenoxy) is 4. The molecule has 0 fully saturated rings. The van der Waals surface area contributed by atoms with Gasteiger partial charge in [-0.15, -0.1) is 0 Å². The lowest BCUT2D eigenvalue weighted by Crippen LogP contribution is -2.12. The molecule has 0 heterocycles. The Bertz CT molecular complexity index is 2290. The van der Waals surface area contributed by atoms with Gasteiger partial charge in [-0.2, -0.15) is 0 Å². The van der Waals surface area contributed by atoms with Gasteiger partial charge in [0.2, 0.25) is 0 Å². The maximum Gasteiger partial charge on any atom is 0.346 e. The summed E-state index contributed by atoms with van der Waals surface area (Å²) in [6, 6.07) is 30.4. The lowest BCUT2D eigenvalue weighted by atomic mass is 10.0. The third kappa shape index (κ3) is 11.7. The highest BCUT2D eigenvalue weighted by atomic mass is 19.1. The van der Waals surface area contributed by atoms with Crippen LogP contribution in [0.25, 0.3) is 10.8 Å². The lowest BCUT2D eigenvalue weighted by molar-refractivity contribution is 0.0715. The van der Waals surface area contributed by atoms with Crippen LogP contribution in [0.2, 0.25) is 0 Å². The van der Waals surface area contributed by atoms with Gasteiger partial charge in [0, 0.05) is 12.1 Å². The Morgan fingerprint density at radius 1 is 0.400 bits per heavy atom. The zero-order valence-electron chi connectivity index (χ0n) is 33.6. The van der Waals surface area contributed by atoms with Crippen molar-refractivity contribution in [2.45, 2.75) is 78.1 Å². The number of benzene rings is 6. The van der Waals surface area contributed by atoms with Gasteiger partial charge in [0.1, 0.15) is 34.6 Å². The fraction of sp³-hybridized carbons (Fsp3) is 0.240. The van der Waals surface area contributed by atoms with Crippen LogP contribution < -0.4 is 18.9 Å². The molecule has 0 saturated heterocycles. The molecule has 0 unspecified atom stereocenters. The average Bonchev–Trinajstić information content (AvgIpc) is 3.24. The fourth-order valence-corrected chi connectivity index (χ4v) is 6.56. The highest BCUT2D eigenvalue weighted by Gasteiger charge is 2.19. The number of hydrogen-bond acceptors (Lipinski definition) is 8. The van der Waals surface area contributed by atoms with Crippen molar-refractivity contribution in [3.05, 3.63) is 166 Å². The predicted octanol–water partition coefficient (Wildman–Crippen LogP) is 12.2. The van der Waals surface area contributed by atoms with E-state index in [1.807, 2.05) is 24.3 Å². The minimum Gasteiger partial charge on any atom is -0.423 e. The topological polar surface area (TPSA) is 105 Å². The number of carbonyl (C=O) groups is 4. The van der Waals surface area contributed by atoms with E-state index in [-0.39, 0.29) is 34.1 Å². The molecular formula is C50H46F2O8. The molecule has 0 N–H and O–H groups in total. The van der Waals surface area contributed by atoms with E-state index in [0.29, 0.717) is 21.9 Å². The van der Waals surface area contributed by atoms with Crippen molar-refractivity contribution in [1.82, 2.24) is 0 Å². The second kappa shape index (κ2) is 20.8. The molecule has 0 saturated carbocycles. The van der Waals surface area contributed by atoms with Crippen LogP contribution in [0.5, 0.6) is 23.0 Å². The number of hydrogen-bond donors (Lipinski definition) is 0. The first-order chi connectivity index (χ1) is 29.1. The quantitative estimate of drug-likeness (QED) is 0.0480. The summed E-state index contributed by atoms with van der Waals surface area (Å²) in [5.41, 5.74) is 2.11. The molecule has 0 amide bonds. The van der Waals surface area contributed by atoms with Gasteiger partial charge < -0.3 is 18.9 Å². The first kappa shape index (κ1) is 42.9. The molecule has 10 heteroatoms. The SMILES string of the molecule is CCCCCCc1ccc(C(=O)Oc2ccc(C(=O)Oc3ccc4ccc(OC(=O)c5ccc(OC(=O)c6ccc(CCCCCC)cc6)cc5F)cc4c3)c(F)c2)cc1. The van der Waals surface area contributed by atoms with Crippen LogP contribution in [-0.2, 0) is 12.8 Å². The van der Waals surface area contributed by atoms with Crippen LogP contribution in [0.1, 0.15) is 118 Å². The molecule has 60 heavy (non-hydrogen) atoms. The smallest absolute Gasteiger partial charge is 0.346 e. The number of fused-ring (bicyclic) bond motifs is 1. The van der Waals surface area contributed by atoms with Crippen LogP contribution in [0.4, 0.5) is 8.78 Å². The van der Waals surface area contributed by atoms with Crippen molar-refractivity contribution < 1.29 is 46.9 Å². The van der Waals surface area contributed by atoms with E-state index in [9.17, 15) is 19.2 Å². The summed E-state index contributed by atoms with van der Waals surface area (Å²) in [4.78, 5) is 51.4. The molecule has 0 aliphatic carbocycles. The average molecular weight is 813 g/mol. The molecule has 8 nitrogen and oxygen atoms in total. The molecule has 0 bridgehead atoms. The Labute approximate surface area is 348 Å². The Morgan fingerprint density at radius 2 is 0.767 bits per heavy atom. The first-order valence-electron chi connectivity index (χ1n) is 20.3. The van der Waals surface area contributed by atoms with E-state index >= 15 is 8.78 Å². The number of unbranched alkanes of at least 4 members (excludes halogenated alkanes) is 6. The van der Waals surface area contributed by atoms with Gasteiger partial charge in [0.25, 0.3) is 0 Å². The monoisotopic (exact) mass is 812 g/mol. The van der Waals surface area contributed by atoms with E-state index < -0.39 is 35.5 Å². The highest BCUT2D eigenvalue weighted by Crippen LogP contribution is 2.28. The maximum absolute atomic E-state index is 15.1. The van der Waals surface area contributed by atoms with E-state index in [1.165, 1.54) is 61.4 Å². The van der Waals surface area contributed by atoms with Gasteiger partial charge in [0.05, 0.1) is 22.3 Å². The van der Waals surface area contributed by atoms with Gasteiger partial charge in [0.15, 0.2) is 0 Å². The maximum atomic E-state index is 15.1. The van der Waals surface area contributed by atoms with Crippen molar-refractivity contribution in [3.8, 4) is 23.0 Å². The van der Waals surface area contributed by atoms with Crippen LogP contribution in [0.3, 0.4) is 0 Å². The molecule has 0 aliphatic heterocycles. The van der Waals surface area contributed by atoms with Crippen molar-refractivity contribution in [3.63, 3.8) is 0 Å². The van der Waals surface area contributed by atoms with Gasteiger partial charge in [-0.3, -0.25) is 0 Å². The third-order valence-electron chi connectivity index (χ3n) is 9.96.